The van der Waals surface area contributed by atoms with E-state index >= 15 is 0 Å². The molecule has 8 aliphatic rings. The predicted octanol–water partition coefficient (Wildman–Crippen LogP) is 9.65. The SMILES string of the molecule is CC(CC1CC(O)CC2=CC(O)[C@@H]3[C@@H](CC[C@]4(C)C(=O)CC[C@@H]34)[C@]21C)C[Si](C)(C)O[Si](C)(C)CC(C)CC1CC(O)CC2=CC(O)[C@@H]3[C@@H](CC[C@]4(C)C(=O)CC[C@@H]34)[C@]21C. The Morgan fingerprint density at radius 2 is 1.00 bits per heavy atom. The average Bonchev–Trinajstić information content (AvgIpc) is 3.59. The maximum Gasteiger partial charge on any atom is 0.173 e. The highest BCUT2D eigenvalue weighted by molar-refractivity contribution is 6.84. The normalized spacial score (nSPS) is 48.1. The Morgan fingerprint density at radius 1 is 0.627 bits per heavy atom. The van der Waals surface area contributed by atoms with Crippen molar-refractivity contribution in [2.45, 2.75) is 194 Å². The van der Waals surface area contributed by atoms with E-state index < -0.39 is 28.8 Å². The van der Waals surface area contributed by atoms with Gasteiger partial charge in [-0.25, -0.2) is 0 Å². The lowest BCUT2D eigenvalue weighted by atomic mass is 9.44. The lowest BCUT2D eigenvalue weighted by Crippen LogP contribution is -2.57. The molecule has 0 aliphatic heterocycles. The van der Waals surface area contributed by atoms with Gasteiger partial charge in [0, 0.05) is 23.7 Å². The number of carbonyl (C=O) groups excluding carboxylic acids is 2. The number of aliphatic hydroxyl groups is 4. The van der Waals surface area contributed by atoms with E-state index in [-0.39, 0.29) is 57.5 Å². The fourth-order valence-corrected chi connectivity index (χ4v) is 28.0. The van der Waals surface area contributed by atoms with E-state index in [2.05, 4.69) is 79.9 Å². The molecule has 9 heteroatoms. The van der Waals surface area contributed by atoms with Crippen molar-refractivity contribution >= 4 is 28.2 Å². The Morgan fingerprint density at radius 3 is 1.37 bits per heavy atom. The van der Waals surface area contributed by atoms with Crippen molar-refractivity contribution in [3.8, 4) is 0 Å². The Labute approximate surface area is 359 Å². The summed E-state index contributed by atoms with van der Waals surface area (Å²) in [5.41, 5.74) is 1.80. The zero-order chi connectivity index (χ0) is 42.8. The first kappa shape index (κ1) is 44.7. The summed E-state index contributed by atoms with van der Waals surface area (Å²) in [7, 11) is -4.16. The number of hydrogen-bond acceptors (Lipinski definition) is 7. The maximum absolute atomic E-state index is 13.1. The van der Waals surface area contributed by atoms with E-state index in [4.69, 9.17) is 4.12 Å². The van der Waals surface area contributed by atoms with Crippen molar-refractivity contribution in [1.82, 2.24) is 0 Å². The molecular formula is C50H82O7Si2. The molecule has 332 valence electrons. The number of aliphatic hydroxyl groups excluding tert-OH is 4. The van der Waals surface area contributed by atoms with Gasteiger partial charge in [-0.15, -0.1) is 0 Å². The van der Waals surface area contributed by atoms with Gasteiger partial charge in [-0.3, -0.25) is 9.59 Å². The van der Waals surface area contributed by atoms with Crippen LogP contribution in [0, 0.1) is 80.8 Å². The van der Waals surface area contributed by atoms with Gasteiger partial charge in [-0.2, -0.15) is 0 Å². The summed E-state index contributed by atoms with van der Waals surface area (Å²) in [5.74, 6) is 3.80. The molecule has 8 aliphatic carbocycles. The molecule has 0 aromatic heterocycles. The molecule has 8 unspecified atom stereocenters. The number of ketones is 2. The van der Waals surface area contributed by atoms with Crippen LogP contribution >= 0.6 is 0 Å². The lowest BCUT2D eigenvalue weighted by Gasteiger charge is -2.61. The molecule has 0 bridgehead atoms. The lowest BCUT2D eigenvalue weighted by molar-refractivity contribution is -0.139. The quantitative estimate of drug-likeness (QED) is 0.128. The van der Waals surface area contributed by atoms with Gasteiger partial charge in [-0.05, 0) is 185 Å². The summed E-state index contributed by atoms with van der Waals surface area (Å²) in [6.45, 7) is 23.8. The molecule has 7 nitrogen and oxygen atoms in total. The van der Waals surface area contributed by atoms with Gasteiger partial charge in [0.05, 0.1) is 24.4 Å². The number of rotatable bonds is 10. The van der Waals surface area contributed by atoms with Gasteiger partial charge >= 0.3 is 0 Å². The number of fused-ring (bicyclic) bond motifs is 10. The van der Waals surface area contributed by atoms with Crippen LogP contribution in [0.4, 0.5) is 0 Å². The number of Topliss-reactive ketones (excluding diaryl/α,β-unsaturated/α-hetero) is 2. The maximum atomic E-state index is 13.1. The number of hydrogen-bond donors (Lipinski definition) is 4. The van der Waals surface area contributed by atoms with Crippen molar-refractivity contribution < 1.29 is 34.1 Å². The summed E-state index contributed by atoms with van der Waals surface area (Å²) >= 11 is 0. The molecule has 8 rings (SSSR count). The first-order chi connectivity index (χ1) is 27.4. The molecule has 0 heterocycles. The Bertz CT molecular complexity index is 1600. The minimum atomic E-state index is -2.08. The molecule has 0 amide bonds. The molecule has 0 radical (unpaired) electrons. The van der Waals surface area contributed by atoms with Crippen molar-refractivity contribution in [2.24, 2.45) is 80.8 Å². The first-order valence-corrected chi connectivity index (χ1v) is 30.6. The van der Waals surface area contributed by atoms with Crippen LogP contribution < -0.4 is 0 Å². The van der Waals surface area contributed by atoms with Crippen LogP contribution in [0.2, 0.25) is 38.3 Å². The second-order valence-electron chi connectivity index (χ2n) is 24.6. The fourth-order valence-electron chi connectivity index (χ4n) is 17.6. The fraction of sp³-hybridized carbons (Fsp3) is 0.880. The van der Waals surface area contributed by atoms with Crippen molar-refractivity contribution in [2.75, 3.05) is 0 Å². The Balaban J connectivity index is 0.926. The molecule has 59 heavy (non-hydrogen) atoms. The second kappa shape index (κ2) is 15.4. The summed E-state index contributed by atoms with van der Waals surface area (Å²) in [5, 5.41) is 45.8. The molecule has 0 saturated heterocycles. The van der Waals surface area contributed by atoms with Crippen LogP contribution in [0.5, 0.6) is 0 Å². The third-order valence-corrected chi connectivity index (χ3v) is 27.6. The van der Waals surface area contributed by atoms with Crippen LogP contribution in [0.15, 0.2) is 23.3 Å². The predicted molar refractivity (Wildman–Crippen MR) is 239 cm³/mol. The van der Waals surface area contributed by atoms with Crippen molar-refractivity contribution in [1.29, 1.82) is 0 Å². The third-order valence-electron chi connectivity index (χ3n) is 19.9. The number of carbonyl (C=O) groups is 2. The van der Waals surface area contributed by atoms with E-state index in [0.717, 1.165) is 76.3 Å². The molecular weight excluding hydrogens is 769 g/mol. The Hall–Kier alpha value is -0.946. The van der Waals surface area contributed by atoms with Crippen LogP contribution in [-0.4, -0.2) is 73.0 Å². The minimum Gasteiger partial charge on any atom is -0.455 e. The van der Waals surface area contributed by atoms with Gasteiger partial charge in [0.1, 0.15) is 11.6 Å². The zero-order valence-electron chi connectivity index (χ0n) is 38.6. The van der Waals surface area contributed by atoms with Gasteiger partial charge < -0.3 is 24.5 Å². The monoisotopic (exact) mass is 851 g/mol. The Kier molecular flexibility index (Phi) is 11.6. The van der Waals surface area contributed by atoms with E-state index in [0.29, 0.717) is 72.8 Å². The molecule has 4 N–H and O–H groups in total. The summed E-state index contributed by atoms with van der Waals surface area (Å²) < 4.78 is 7.41. The standard InChI is InChI=1S/C50H82O7Si2/c1-29(19-31-21-35(51)23-33-25-41(53)45-37-11-13-43(55)47(37,3)17-15-39(45)49(31,33)5)27-58(7,8)57-59(9,10)28-30(2)20-32-22-36(52)24-34-26-42(54)46-38-12-14-44(56)48(38,4)18-16-40(46)50(32,34)6/h25-26,29-32,35-42,45-46,51-54H,11-24,27-28H2,1-10H3/t29?,30?,31?,32?,35?,36?,37-,38-,39+,40+,41?,42?,45-,46-,47-,48-,49-,50-/m0/s1. The molecule has 0 aromatic carbocycles. The molecule has 6 saturated carbocycles. The minimum absolute atomic E-state index is 0.0684. The largest absolute Gasteiger partial charge is 0.455 e. The van der Waals surface area contributed by atoms with Gasteiger partial charge in [0.2, 0.25) is 0 Å². The zero-order valence-corrected chi connectivity index (χ0v) is 40.6. The molecule has 0 spiro atoms. The van der Waals surface area contributed by atoms with Crippen LogP contribution in [-0.2, 0) is 13.7 Å². The molecule has 6 fully saturated rings. The first-order valence-electron chi connectivity index (χ1n) is 24.3. The van der Waals surface area contributed by atoms with Gasteiger partial charge in [-0.1, -0.05) is 64.8 Å². The van der Waals surface area contributed by atoms with E-state index in [1.54, 1.807) is 0 Å². The summed E-state index contributed by atoms with van der Waals surface area (Å²) in [6.07, 6.45) is 14.4. The topological polar surface area (TPSA) is 124 Å². The second-order valence-corrected chi connectivity index (χ2v) is 33.3. The summed E-state index contributed by atoms with van der Waals surface area (Å²) in [4.78, 5) is 26.2. The van der Waals surface area contributed by atoms with Crippen molar-refractivity contribution in [3.05, 3.63) is 23.3 Å². The smallest absolute Gasteiger partial charge is 0.173 e. The summed E-state index contributed by atoms with van der Waals surface area (Å²) in [6, 6.07) is 2.17. The highest BCUT2D eigenvalue weighted by Gasteiger charge is 2.64. The molecule has 18 atom stereocenters. The van der Waals surface area contributed by atoms with E-state index in [1.807, 2.05) is 0 Å². The van der Waals surface area contributed by atoms with Crippen LogP contribution in [0.1, 0.15) is 131 Å². The molecule has 0 aromatic rings. The van der Waals surface area contributed by atoms with E-state index in [9.17, 15) is 30.0 Å². The van der Waals surface area contributed by atoms with E-state index in [1.165, 1.54) is 11.1 Å². The van der Waals surface area contributed by atoms with Gasteiger partial charge in [0.25, 0.3) is 0 Å². The average molecular weight is 851 g/mol. The third kappa shape index (κ3) is 7.38. The highest BCUT2D eigenvalue weighted by atomic mass is 28.4. The highest BCUT2D eigenvalue weighted by Crippen LogP contribution is 2.68. The van der Waals surface area contributed by atoms with Crippen LogP contribution in [0.3, 0.4) is 0 Å². The van der Waals surface area contributed by atoms with Crippen LogP contribution in [0.25, 0.3) is 0 Å². The van der Waals surface area contributed by atoms with Crippen molar-refractivity contribution in [3.63, 3.8) is 0 Å². The van der Waals surface area contributed by atoms with Gasteiger partial charge in [0.15, 0.2) is 16.6 Å².